The molecular weight excluding hydrogens is 112 g/mol. The van der Waals surface area contributed by atoms with Crippen LogP contribution in [0.1, 0.15) is 0 Å². The molecule has 0 aromatic rings. The smallest absolute Gasteiger partial charge is 2.00 e. The van der Waals surface area contributed by atoms with Crippen LogP contribution in [0, 0.1) is 0 Å². The molecule has 24 valence electrons. The van der Waals surface area contributed by atoms with E-state index in [1.807, 2.05) is 0 Å². The Labute approximate surface area is 46.5 Å². The fourth-order valence-electron chi connectivity index (χ4n) is 0. The van der Waals surface area contributed by atoms with E-state index in [1.54, 1.807) is 0 Å². The van der Waals surface area contributed by atoms with E-state index in [1.165, 1.54) is 0 Å². The molecule has 0 amide bonds. The van der Waals surface area contributed by atoms with Crippen molar-refractivity contribution >= 4 is 13.5 Å². The van der Waals surface area contributed by atoms with Gasteiger partial charge in [0.1, 0.15) is 0 Å². The maximum absolute atomic E-state index is 0. The van der Waals surface area contributed by atoms with Crippen LogP contribution in [0.5, 0.6) is 0 Å². The van der Waals surface area contributed by atoms with Crippen LogP contribution in [0.2, 0.25) is 0 Å². The second kappa shape index (κ2) is 36.6. The molecule has 0 aliphatic heterocycles. The molecule has 0 aliphatic rings. The Morgan fingerprint density at radius 2 is 0.750 bits per heavy atom. The van der Waals surface area contributed by atoms with Crippen molar-refractivity contribution in [1.29, 1.82) is 0 Å². The molecule has 0 rings (SSSR count). The van der Waals surface area contributed by atoms with Crippen LogP contribution in [0.4, 0.5) is 0 Å². The van der Waals surface area contributed by atoms with Gasteiger partial charge in [-0.3, -0.25) is 0 Å². The van der Waals surface area contributed by atoms with Crippen LogP contribution in [0.15, 0.2) is 0 Å². The molecule has 4 heavy (non-hydrogen) atoms. The predicted molar refractivity (Wildman–Crippen MR) is 11.8 cm³/mol. The summed E-state index contributed by atoms with van der Waals surface area (Å²) in [6.07, 6.45) is 0. The molecule has 0 unspecified atom stereocenters. The maximum atomic E-state index is 0. The van der Waals surface area contributed by atoms with Crippen LogP contribution in [0.25, 0.3) is 0 Å². The maximum Gasteiger partial charge on any atom is 4.00 e. The van der Waals surface area contributed by atoms with E-state index in [9.17, 15) is 0 Å². The van der Waals surface area contributed by atoms with E-state index in [4.69, 9.17) is 0 Å². The van der Waals surface area contributed by atoms with E-state index >= 15 is 0 Å². The van der Waals surface area contributed by atoms with Crippen LogP contribution in [-0.4, -0.2) is 0 Å². The zero-order chi connectivity index (χ0) is 0. The summed E-state index contributed by atoms with van der Waals surface area (Å²) in [6, 6.07) is 0. The summed E-state index contributed by atoms with van der Waals surface area (Å²) >= 11 is 0. The Bertz CT molecular complexity index is 6.00. The van der Waals surface area contributed by atoms with Crippen molar-refractivity contribution in [1.82, 2.24) is 0 Å². The molecular formula is H2O2STi. The van der Waals surface area contributed by atoms with Gasteiger partial charge in [-0.05, 0) is 0 Å². The minimum atomic E-state index is 0. The van der Waals surface area contributed by atoms with Crippen LogP contribution >= 0.6 is 13.5 Å². The Morgan fingerprint density at radius 3 is 0.750 bits per heavy atom. The normalized spacial score (nSPS) is 0. The van der Waals surface area contributed by atoms with Gasteiger partial charge in [-0.15, -0.1) is 0 Å². The van der Waals surface area contributed by atoms with Gasteiger partial charge in [-0.2, -0.15) is 13.5 Å². The predicted octanol–water partition coefficient (Wildman–Crippen LogP) is -0.127. The first-order chi connectivity index (χ1) is 0. The van der Waals surface area contributed by atoms with Gasteiger partial charge in [0.15, 0.2) is 0 Å². The third kappa shape index (κ3) is 12.1. The first kappa shape index (κ1) is 81.7. The summed E-state index contributed by atoms with van der Waals surface area (Å²) in [6.45, 7) is 0. The largest absolute Gasteiger partial charge is 4.00 e. The molecule has 0 saturated heterocycles. The molecule has 0 aromatic carbocycles. The molecule has 0 atom stereocenters. The second-order valence-electron chi connectivity index (χ2n) is 0. The average Bonchev–Trinajstić information content (AvgIpc) is 0. The van der Waals surface area contributed by atoms with Gasteiger partial charge < -0.3 is 11.0 Å². The first-order valence-electron chi connectivity index (χ1n) is 0. The quantitative estimate of drug-likeness (QED) is 0.394. The molecule has 0 radical (unpaired) electrons. The van der Waals surface area contributed by atoms with Gasteiger partial charge in [0.2, 0.25) is 0 Å². The zero-order valence-corrected chi connectivity index (χ0v) is 4.38. The first-order valence-corrected chi connectivity index (χ1v) is 0. The van der Waals surface area contributed by atoms with Crippen LogP contribution in [0.3, 0.4) is 0 Å². The van der Waals surface area contributed by atoms with E-state index in [0.29, 0.717) is 0 Å². The van der Waals surface area contributed by atoms with E-state index in [2.05, 4.69) is 0 Å². The van der Waals surface area contributed by atoms with Crippen molar-refractivity contribution < 1.29 is 32.7 Å². The minimum absolute atomic E-state index is 0. The molecule has 2 nitrogen and oxygen atoms in total. The molecule has 4 heteroatoms. The van der Waals surface area contributed by atoms with E-state index in [0.717, 1.165) is 0 Å². The van der Waals surface area contributed by atoms with Gasteiger partial charge in [-0.25, -0.2) is 0 Å². The second-order valence-corrected chi connectivity index (χ2v) is 0. The molecule has 0 aliphatic carbocycles. The topological polar surface area (TPSA) is 57.0 Å². The monoisotopic (exact) mass is 114 g/mol. The van der Waals surface area contributed by atoms with Gasteiger partial charge >= 0.3 is 21.7 Å². The van der Waals surface area contributed by atoms with Crippen molar-refractivity contribution in [3.05, 3.63) is 0 Å². The third-order valence-corrected chi connectivity index (χ3v) is 0. The number of hydrogen-bond acceptors (Lipinski definition) is 0. The van der Waals surface area contributed by atoms with Gasteiger partial charge in [-0.1, -0.05) is 0 Å². The number of rotatable bonds is 0. The molecule has 0 fully saturated rings. The fourth-order valence-corrected chi connectivity index (χ4v) is 0. The Hall–Kier alpha value is 0.984. The number of hydrogen-bond donors (Lipinski definition) is 0. The molecule has 0 N–H and O–H groups in total. The molecule has 0 spiro atoms. The van der Waals surface area contributed by atoms with Crippen LogP contribution in [-0.2, 0) is 32.7 Å². The van der Waals surface area contributed by atoms with Gasteiger partial charge in [0.25, 0.3) is 0 Å². The summed E-state index contributed by atoms with van der Waals surface area (Å²) < 4.78 is 0. The molecule has 0 aromatic heterocycles. The minimum Gasteiger partial charge on any atom is -2.00 e. The Kier molecular flexibility index (Phi) is 748. The van der Waals surface area contributed by atoms with Crippen LogP contribution < -0.4 is 0 Å². The van der Waals surface area contributed by atoms with Gasteiger partial charge in [0, 0.05) is 0 Å². The van der Waals surface area contributed by atoms with E-state index in [-0.39, 0.29) is 46.2 Å². The molecule has 0 heterocycles. The van der Waals surface area contributed by atoms with Crippen molar-refractivity contribution in [3.63, 3.8) is 0 Å². The standard InChI is InChI=1S/2O.H2S.Ti/h;;1H2;/q2*-2;;+4. The van der Waals surface area contributed by atoms with Gasteiger partial charge in [0.05, 0.1) is 0 Å². The van der Waals surface area contributed by atoms with Crippen molar-refractivity contribution in [2.45, 2.75) is 0 Å². The molecule has 0 bridgehead atoms. The Balaban J connectivity index is 0. The summed E-state index contributed by atoms with van der Waals surface area (Å²) in [7, 11) is 0. The summed E-state index contributed by atoms with van der Waals surface area (Å²) in [5.74, 6) is 0. The van der Waals surface area contributed by atoms with Crippen molar-refractivity contribution in [3.8, 4) is 0 Å². The Morgan fingerprint density at radius 1 is 0.750 bits per heavy atom. The van der Waals surface area contributed by atoms with Crippen molar-refractivity contribution in [2.75, 3.05) is 0 Å². The van der Waals surface area contributed by atoms with Crippen molar-refractivity contribution in [2.24, 2.45) is 0 Å². The summed E-state index contributed by atoms with van der Waals surface area (Å²) in [4.78, 5) is 0. The SMILES string of the molecule is S.[O-2].[O-2].[Ti+4]. The summed E-state index contributed by atoms with van der Waals surface area (Å²) in [5.41, 5.74) is 0. The average molecular weight is 114 g/mol. The third-order valence-electron chi connectivity index (χ3n) is 0. The van der Waals surface area contributed by atoms with E-state index < -0.39 is 0 Å². The fraction of sp³-hybridized carbons (Fsp3) is 0. The zero-order valence-electron chi connectivity index (χ0n) is 1.82. The molecule has 0 saturated carbocycles. The summed E-state index contributed by atoms with van der Waals surface area (Å²) in [5, 5.41) is 0.